The van der Waals surface area contributed by atoms with Crippen molar-refractivity contribution in [1.29, 1.82) is 10.5 Å². The van der Waals surface area contributed by atoms with Crippen LogP contribution in [0, 0.1) is 35.8 Å². The van der Waals surface area contributed by atoms with Crippen LogP contribution in [-0.2, 0) is 12.8 Å². The number of hydrogen-bond donors (Lipinski definition) is 0. The van der Waals surface area contributed by atoms with Crippen molar-refractivity contribution >= 4 is 11.1 Å². The molecule has 0 bridgehead atoms. The molecule has 0 spiro atoms. The van der Waals surface area contributed by atoms with Gasteiger partial charge in [0, 0.05) is 6.42 Å². The van der Waals surface area contributed by atoms with Crippen LogP contribution in [0.25, 0.3) is 43.1 Å². The van der Waals surface area contributed by atoms with Gasteiger partial charge in [-0.15, -0.1) is 26.3 Å². The summed E-state index contributed by atoms with van der Waals surface area (Å²) in [7, 11) is 0. The number of alkyl halides is 9. The van der Waals surface area contributed by atoms with E-state index in [9.17, 15) is 36.9 Å². The summed E-state index contributed by atoms with van der Waals surface area (Å²) in [6, 6.07) is 11.1. The largest absolute Gasteiger partial charge is 0.573 e. The van der Waals surface area contributed by atoms with Crippen LogP contribution in [0.5, 0.6) is 11.5 Å². The van der Waals surface area contributed by atoms with Crippen LogP contribution in [-0.4, -0.2) is 18.9 Å². The predicted octanol–water partition coefficient (Wildman–Crippen LogP) is 8.21. The van der Waals surface area contributed by atoms with Crippen LogP contribution in [0.3, 0.4) is 0 Å². The maximum atomic E-state index is 15.1. The lowest BCUT2D eigenvalue weighted by Crippen LogP contribution is -2.27. The third kappa shape index (κ3) is 6.39. The molecule has 2 aliphatic rings. The molecule has 0 aliphatic heterocycles. The van der Waals surface area contributed by atoms with Crippen molar-refractivity contribution in [2.45, 2.75) is 38.7 Å². The van der Waals surface area contributed by atoms with E-state index in [0.29, 0.717) is 0 Å². The average molecular weight is 683 g/mol. The van der Waals surface area contributed by atoms with Gasteiger partial charge in [-0.05, 0) is 92.6 Å². The van der Waals surface area contributed by atoms with Gasteiger partial charge in [-0.3, -0.25) is 0 Å². The van der Waals surface area contributed by atoms with Gasteiger partial charge < -0.3 is 9.47 Å². The lowest BCUT2D eigenvalue weighted by atomic mass is 9.86. The van der Waals surface area contributed by atoms with Crippen LogP contribution >= 0.6 is 0 Å². The molecule has 246 valence electrons. The number of fused-ring (bicyclic) bond motifs is 2. The van der Waals surface area contributed by atoms with Gasteiger partial charge in [-0.2, -0.15) is 33.4 Å². The number of benzene rings is 3. The third-order valence-electron chi connectivity index (χ3n) is 7.84. The van der Waals surface area contributed by atoms with Gasteiger partial charge in [0.15, 0.2) is 0 Å². The molecule has 0 saturated heterocycles. The first kappa shape index (κ1) is 34.2. The summed E-state index contributed by atoms with van der Waals surface area (Å²) in [6.07, 6.45) is -16.2. The number of ether oxygens (including phenoxy) is 2. The Morgan fingerprint density at radius 2 is 1.08 bits per heavy atom. The van der Waals surface area contributed by atoms with Gasteiger partial charge >= 0.3 is 24.7 Å². The van der Waals surface area contributed by atoms with E-state index < -0.39 is 64.6 Å². The Bertz CT molecular complexity index is 2240. The monoisotopic (exact) mass is 682 g/mol. The molecule has 3 aromatic rings. The van der Waals surface area contributed by atoms with E-state index in [1.807, 2.05) is 0 Å². The van der Waals surface area contributed by atoms with E-state index in [4.69, 9.17) is 13.1 Å². The van der Waals surface area contributed by atoms with Crippen molar-refractivity contribution in [2.75, 3.05) is 0 Å². The molecule has 6 nitrogen and oxygen atoms in total. The molecule has 0 amide bonds. The van der Waals surface area contributed by atoms with E-state index in [-0.39, 0.29) is 56.2 Å². The predicted molar refractivity (Wildman–Crippen MR) is 154 cm³/mol. The maximum Gasteiger partial charge on any atom is 0.573 e. The maximum absolute atomic E-state index is 15.1. The highest BCUT2D eigenvalue weighted by Gasteiger charge is 2.44. The summed E-state index contributed by atoms with van der Waals surface area (Å²) in [5, 5.41) is 19.0. The Labute approximate surface area is 270 Å². The van der Waals surface area contributed by atoms with Crippen molar-refractivity contribution in [3.8, 4) is 45.9 Å². The lowest BCUT2D eigenvalue weighted by molar-refractivity contribution is -0.275. The fourth-order valence-electron chi connectivity index (χ4n) is 6.15. The SMILES string of the molecule is [C-]#[N+]C([N+]#[C-])=C1Cc2c(-c3ccc(OC(F)(F)F)cc3)c3c(c(-c4ccc(OC(F)(F)F)cc4)c2=C1C)CC(=C(C#N)C#N)C=3C(F)(F)F. The van der Waals surface area contributed by atoms with Crippen molar-refractivity contribution < 1.29 is 49.0 Å². The molecule has 0 aromatic heterocycles. The normalized spacial score (nSPS) is 13.9. The Kier molecular flexibility index (Phi) is 8.44. The van der Waals surface area contributed by atoms with Crippen LogP contribution < -0.4 is 19.9 Å². The minimum absolute atomic E-state index is 0.0258. The zero-order valence-electron chi connectivity index (χ0n) is 24.5. The van der Waals surface area contributed by atoms with Crippen molar-refractivity contribution in [3.63, 3.8) is 0 Å². The zero-order valence-corrected chi connectivity index (χ0v) is 24.5. The Balaban J connectivity index is 2.02. The molecule has 0 atom stereocenters. The van der Waals surface area contributed by atoms with Gasteiger partial charge in [0.1, 0.15) is 42.4 Å². The van der Waals surface area contributed by atoms with Gasteiger partial charge in [-0.1, -0.05) is 24.3 Å². The molecule has 0 unspecified atom stereocenters. The molecule has 2 aliphatic carbocycles. The Morgan fingerprint density at radius 1 is 0.673 bits per heavy atom. The quantitative estimate of drug-likeness (QED) is 0.158. The number of nitrogens with zero attached hydrogens (tertiary/aromatic N) is 4. The second kappa shape index (κ2) is 12.1. The molecule has 49 heavy (non-hydrogen) atoms. The second-order valence-electron chi connectivity index (χ2n) is 10.6. The fraction of sp³-hybridized carbons (Fsp3) is 0.176. The Hall–Kier alpha value is -6.19. The van der Waals surface area contributed by atoms with E-state index in [1.54, 1.807) is 0 Å². The highest BCUT2D eigenvalue weighted by molar-refractivity contribution is 5.93. The van der Waals surface area contributed by atoms with Crippen molar-refractivity contribution in [1.82, 2.24) is 0 Å². The van der Waals surface area contributed by atoms with Gasteiger partial charge in [0.2, 0.25) is 0 Å². The standard InChI is InChI=1S/C34H15F9N4O2/c1-16-22(31(46-2)47-3)12-24-26(16)27(17-4-8-20(9-5-17)48-33(38,39)40)25-13-23(19(14-44)15-45)30(32(35,36)37)29(25)28(24)18-6-10-21(11-7-18)49-34(41,42)43/h4-11H,12-13H2,1H3. The number of allylic oxidation sites excluding steroid dienone is 3. The minimum Gasteiger partial charge on any atom is -0.406 e. The number of rotatable bonds is 4. The molecule has 15 heteroatoms. The third-order valence-corrected chi connectivity index (χ3v) is 7.84. The number of halogens is 9. The first-order valence-corrected chi connectivity index (χ1v) is 13.7. The molecule has 0 radical (unpaired) electrons. The van der Waals surface area contributed by atoms with Gasteiger partial charge in [0.05, 0.1) is 11.1 Å². The fourth-order valence-corrected chi connectivity index (χ4v) is 6.15. The van der Waals surface area contributed by atoms with Crippen molar-refractivity contribution in [2.24, 2.45) is 0 Å². The van der Waals surface area contributed by atoms with E-state index >= 15 is 13.2 Å². The summed E-state index contributed by atoms with van der Waals surface area (Å²) < 4.78 is 131. The number of hydrogen-bond acceptors (Lipinski definition) is 4. The summed E-state index contributed by atoms with van der Waals surface area (Å²) in [6.45, 7) is 16.5. The molecular formula is C34H15F9N4O2. The number of nitriles is 2. The molecule has 0 N–H and O–H groups in total. The van der Waals surface area contributed by atoms with Crippen LogP contribution in [0.1, 0.15) is 18.1 Å². The molecular weight excluding hydrogens is 667 g/mol. The summed E-state index contributed by atoms with van der Waals surface area (Å²) in [5.41, 5.74) is -2.42. The van der Waals surface area contributed by atoms with Crippen LogP contribution in [0.15, 0.2) is 71.1 Å². The van der Waals surface area contributed by atoms with Crippen molar-refractivity contribution in [3.05, 3.63) is 115 Å². The summed E-state index contributed by atoms with van der Waals surface area (Å²) in [4.78, 5) is 6.50. The van der Waals surface area contributed by atoms with E-state index in [1.165, 1.54) is 31.2 Å². The molecule has 3 aromatic carbocycles. The van der Waals surface area contributed by atoms with Crippen LogP contribution in [0.2, 0.25) is 0 Å². The summed E-state index contributed by atoms with van der Waals surface area (Å²) >= 11 is 0. The zero-order chi connectivity index (χ0) is 36.1. The first-order chi connectivity index (χ1) is 22.9. The topological polar surface area (TPSA) is 74.8 Å². The van der Waals surface area contributed by atoms with E-state index in [2.05, 4.69) is 19.2 Å². The average Bonchev–Trinajstić information content (AvgIpc) is 3.56. The van der Waals surface area contributed by atoms with Crippen LogP contribution in [0.4, 0.5) is 39.5 Å². The highest BCUT2D eigenvalue weighted by Crippen LogP contribution is 2.44. The highest BCUT2D eigenvalue weighted by atomic mass is 19.4. The Morgan fingerprint density at radius 3 is 1.47 bits per heavy atom. The first-order valence-electron chi connectivity index (χ1n) is 13.7. The minimum atomic E-state index is -5.20. The molecule has 0 saturated carbocycles. The molecule has 5 rings (SSSR count). The van der Waals surface area contributed by atoms with Gasteiger partial charge in [-0.25, -0.2) is 0 Å². The lowest BCUT2D eigenvalue weighted by Gasteiger charge is -2.18. The van der Waals surface area contributed by atoms with Gasteiger partial charge in [0.25, 0.3) is 0 Å². The van der Waals surface area contributed by atoms with E-state index in [0.717, 1.165) is 36.4 Å². The second-order valence-corrected chi connectivity index (χ2v) is 10.6. The smallest absolute Gasteiger partial charge is 0.406 e. The molecule has 0 heterocycles. The molecule has 0 fully saturated rings. The summed E-state index contributed by atoms with van der Waals surface area (Å²) in [5.74, 6) is -1.71.